The van der Waals surface area contributed by atoms with Crippen LogP contribution in [0.25, 0.3) is 10.6 Å². The van der Waals surface area contributed by atoms with Gasteiger partial charge < -0.3 is 15.4 Å². The van der Waals surface area contributed by atoms with Gasteiger partial charge >= 0.3 is 0 Å². The fourth-order valence-electron chi connectivity index (χ4n) is 1.79. The quantitative estimate of drug-likeness (QED) is 0.725. The third-order valence-electron chi connectivity index (χ3n) is 2.91. The molecule has 5 nitrogen and oxygen atoms in total. The van der Waals surface area contributed by atoms with E-state index in [0.29, 0.717) is 30.4 Å². The van der Waals surface area contributed by atoms with Gasteiger partial charge in [0.05, 0.1) is 11.6 Å². The second-order valence-corrected chi connectivity index (χ2v) is 5.78. The maximum atomic E-state index is 12.0. The first-order chi connectivity index (χ1) is 10.7. The van der Waals surface area contributed by atoms with Crippen LogP contribution in [-0.4, -0.2) is 44.2 Å². The molecule has 7 heteroatoms. The van der Waals surface area contributed by atoms with E-state index in [-0.39, 0.29) is 5.91 Å². The fraction of sp³-hybridized carbons (Fsp3) is 0.333. The number of nitrogens with zero attached hydrogens (tertiary/aromatic N) is 1. The summed E-state index contributed by atoms with van der Waals surface area (Å²) in [6.07, 6.45) is 0. The molecule has 0 atom stereocenters. The molecule has 0 unspecified atom stereocenters. The van der Waals surface area contributed by atoms with Crippen LogP contribution in [0.1, 0.15) is 10.5 Å². The average molecular weight is 340 g/mol. The van der Waals surface area contributed by atoms with E-state index in [4.69, 9.17) is 16.3 Å². The van der Waals surface area contributed by atoms with Gasteiger partial charge in [-0.3, -0.25) is 4.79 Å². The number of methoxy groups -OCH3 is 1. The highest BCUT2D eigenvalue weighted by Crippen LogP contribution is 2.29. The van der Waals surface area contributed by atoms with Crippen molar-refractivity contribution in [2.75, 3.05) is 33.4 Å². The molecular weight excluding hydrogens is 322 g/mol. The van der Waals surface area contributed by atoms with Crippen LogP contribution in [0.15, 0.2) is 29.6 Å². The van der Waals surface area contributed by atoms with Gasteiger partial charge in [-0.15, -0.1) is 11.3 Å². The standard InChI is InChI=1S/C15H18ClN3O2S/c1-21-9-8-17-6-7-18-14(20)13-10-22-15(19-13)11-4-2-3-5-12(11)16/h2-5,10,17H,6-9H2,1H3,(H,18,20). The smallest absolute Gasteiger partial charge is 0.270 e. The number of carbonyl (C=O) groups is 1. The lowest BCUT2D eigenvalue weighted by atomic mass is 10.2. The summed E-state index contributed by atoms with van der Waals surface area (Å²) in [5.74, 6) is -0.178. The summed E-state index contributed by atoms with van der Waals surface area (Å²) in [6.45, 7) is 2.65. The number of halogens is 1. The lowest BCUT2D eigenvalue weighted by Crippen LogP contribution is -2.33. The molecule has 0 aliphatic carbocycles. The summed E-state index contributed by atoms with van der Waals surface area (Å²) in [6, 6.07) is 7.46. The summed E-state index contributed by atoms with van der Waals surface area (Å²) in [5, 5.41) is 9.10. The molecule has 2 aromatic rings. The molecule has 1 aromatic heterocycles. The third-order valence-corrected chi connectivity index (χ3v) is 4.12. The van der Waals surface area contributed by atoms with Crippen LogP contribution in [0.5, 0.6) is 0 Å². The highest BCUT2D eigenvalue weighted by Gasteiger charge is 2.12. The maximum Gasteiger partial charge on any atom is 0.270 e. The van der Waals surface area contributed by atoms with E-state index >= 15 is 0 Å². The number of hydrogen-bond acceptors (Lipinski definition) is 5. The fourth-order valence-corrected chi connectivity index (χ4v) is 2.91. The lowest BCUT2D eigenvalue weighted by molar-refractivity contribution is 0.0949. The Morgan fingerprint density at radius 3 is 2.91 bits per heavy atom. The predicted molar refractivity (Wildman–Crippen MR) is 89.6 cm³/mol. The molecule has 1 aromatic carbocycles. The van der Waals surface area contributed by atoms with Gasteiger partial charge in [-0.25, -0.2) is 4.98 Å². The number of hydrogen-bond donors (Lipinski definition) is 2. The Bertz CT molecular complexity index is 618. The third kappa shape index (κ3) is 4.78. The van der Waals surface area contributed by atoms with Crippen molar-refractivity contribution in [1.29, 1.82) is 0 Å². The largest absolute Gasteiger partial charge is 0.383 e. The Kier molecular flexibility index (Phi) is 6.79. The van der Waals surface area contributed by atoms with E-state index in [1.807, 2.05) is 24.3 Å². The van der Waals surface area contributed by atoms with Gasteiger partial charge in [0.25, 0.3) is 5.91 Å². The molecule has 2 N–H and O–H groups in total. The Labute approximate surface area is 138 Å². The van der Waals surface area contributed by atoms with Crippen LogP contribution >= 0.6 is 22.9 Å². The minimum absolute atomic E-state index is 0.178. The highest BCUT2D eigenvalue weighted by atomic mass is 35.5. The summed E-state index contributed by atoms with van der Waals surface area (Å²) >= 11 is 7.55. The Hall–Kier alpha value is -1.47. The van der Waals surface area contributed by atoms with Gasteiger partial charge in [-0.2, -0.15) is 0 Å². The second-order valence-electron chi connectivity index (χ2n) is 4.52. The highest BCUT2D eigenvalue weighted by molar-refractivity contribution is 7.13. The van der Waals surface area contributed by atoms with E-state index in [9.17, 15) is 4.79 Å². The molecule has 0 saturated carbocycles. The normalized spacial score (nSPS) is 10.6. The van der Waals surface area contributed by atoms with Crippen molar-refractivity contribution in [3.05, 3.63) is 40.4 Å². The molecule has 2 rings (SSSR count). The van der Waals surface area contributed by atoms with Crippen molar-refractivity contribution in [2.45, 2.75) is 0 Å². The molecule has 118 valence electrons. The van der Waals surface area contributed by atoms with Gasteiger partial charge in [0, 0.05) is 37.7 Å². The van der Waals surface area contributed by atoms with Crippen LogP contribution in [0, 0.1) is 0 Å². The molecular formula is C15H18ClN3O2S. The van der Waals surface area contributed by atoms with E-state index in [1.165, 1.54) is 11.3 Å². The van der Waals surface area contributed by atoms with Crippen LogP contribution in [-0.2, 0) is 4.74 Å². The molecule has 0 spiro atoms. The number of thiazole rings is 1. The van der Waals surface area contributed by atoms with Crippen LogP contribution < -0.4 is 10.6 Å². The molecule has 0 radical (unpaired) electrons. The topological polar surface area (TPSA) is 63.2 Å². The molecule has 0 aliphatic heterocycles. The van der Waals surface area contributed by atoms with Crippen molar-refractivity contribution in [1.82, 2.24) is 15.6 Å². The molecule has 0 bridgehead atoms. The second kappa shape index (κ2) is 8.85. The zero-order valence-electron chi connectivity index (χ0n) is 12.3. The van der Waals surface area contributed by atoms with Gasteiger partial charge in [0.15, 0.2) is 0 Å². The number of amides is 1. The van der Waals surface area contributed by atoms with Gasteiger partial charge in [0.1, 0.15) is 10.7 Å². The summed E-state index contributed by atoms with van der Waals surface area (Å²) in [4.78, 5) is 16.4. The van der Waals surface area contributed by atoms with E-state index in [1.54, 1.807) is 12.5 Å². The number of ether oxygens (including phenoxy) is 1. The first kappa shape index (κ1) is 16.9. The molecule has 22 heavy (non-hydrogen) atoms. The first-order valence-corrected chi connectivity index (χ1v) is 8.16. The number of nitrogens with one attached hydrogen (secondary N) is 2. The van der Waals surface area contributed by atoms with E-state index in [2.05, 4.69) is 15.6 Å². The van der Waals surface area contributed by atoms with Gasteiger partial charge in [-0.05, 0) is 6.07 Å². The zero-order chi connectivity index (χ0) is 15.8. The molecule has 1 amide bonds. The van der Waals surface area contributed by atoms with Crippen molar-refractivity contribution in [2.24, 2.45) is 0 Å². The molecule has 0 fully saturated rings. The Balaban J connectivity index is 1.86. The summed E-state index contributed by atoms with van der Waals surface area (Å²) < 4.78 is 4.92. The lowest BCUT2D eigenvalue weighted by Gasteiger charge is -2.05. The van der Waals surface area contributed by atoms with Crippen molar-refractivity contribution < 1.29 is 9.53 Å². The maximum absolute atomic E-state index is 12.0. The molecule has 1 heterocycles. The summed E-state index contributed by atoms with van der Waals surface area (Å²) in [7, 11) is 1.66. The zero-order valence-corrected chi connectivity index (χ0v) is 13.8. The van der Waals surface area contributed by atoms with Crippen molar-refractivity contribution in [3.63, 3.8) is 0 Å². The van der Waals surface area contributed by atoms with Crippen molar-refractivity contribution in [3.8, 4) is 10.6 Å². The number of benzene rings is 1. The average Bonchev–Trinajstić information content (AvgIpc) is 3.01. The van der Waals surface area contributed by atoms with Gasteiger partial charge in [0.2, 0.25) is 0 Å². The number of rotatable bonds is 8. The number of carbonyl (C=O) groups excluding carboxylic acids is 1. The first-order valence-electron chi connectivity index (χ1n) is 6.90. The molecule has 0 saturated heterocycles. The van der Waals surface area contributed by atoms with Gasteiger partial charge in [-0.1, -0.05) is 29.8 Å². The number of aromatic nitrogens is 1. The Morgan fingerprint density at radius 2 is 2.14 bits per heavy atom. The van der Waals surface area contributed by atoms with Crippen LogP contribution in [0.2, 0.25) is 5.02 Å². The minimum atomic E-state index is -0.178. The van der Waals surface area contributed by atoms with Crippen LogP contribution in [0.4, 0.5) is 0 Å². The SMILES string of the molecule is COCCNCCNC(=O)c1csc(-c2ccccc2Cl)n1. The van der Waals surface area contributed by atoms with E-state index < -0.39 is 0 Å². The molecule has 0 aliphatic rings. The van der Waals surface area contributed by atoms with E-state index in [0.717, 1.165) is 17.1 Å². The summed E-state index contributed by atoms with van der Waals surface area (Å²) in [5.41, 5.74) is 1.26. The minimum Gasteiger partial charge on any atom is -0.383 e. The van der Waals surface area contributed by atoms with Crippen molar-refractivity contribution >= 4 is 28.8 Å². The van der Waals surface area contributed by atoms with Crippen LogP contribution in [0.3, 0.4) is 0 Å². The Morgan fingerprint density at radius 1 is 1.32 bits per heavy atom. The predicted octanol–water partition coefficient (Wildman–Crippen LogP) is 2.43. The monoisotopic (exact) mass is 339 g/mol.